The number of carbonyl (C=O) groups excluding carboxylic acids is 2. The van der Waals surface area contributed by atoms with Crippen LogP contribution in [0.2, 0.25) is 0 Å². The fraction of sp³-hybridized carbons (Fsp3) is 0.308. The van der Waals surface area contributed by atoms with Crippen LogP contribution in [0.1, 0.15) is 56.7 Å². The minimum absolute atomic E-state index is 0.133. The van der Waals surface area contributed by atoms with Gasteiger partial charge in [0.15, 0.2) is 28.7 Å². The number of methoxy groups -OCH3 is 2. The molecule has 8 rings (SSSR count). The van der Waals surface area contributed by atoms with Crippen molar-refractivity contribution < 1.29 is 33.6 Å². The molecule has 0 unspecified atom stereocenters. The maximum absolute atomic E-state index is 13.7. The number of benzene rings is 3. The highest BCUT2D eigenvalue weighted by atomic mass is 16.5. The quantitative estimate of drug-likeness (QED) is 0.213. The number of hydrogen-bond donors (Lipinski definition) is 1. The van der Waals surface area contributed by atoms with Crippen LogP contribution in [0.4, 0.5) is 17.1 Å². The summed E-state index contributed by atoms with van der Waals surface area (Å²) in [6.45, 7) is 1.12. The van der Waals surface area contributed by atoms with Gasteiger partial charge >= 0.3 is 0 Å². The topological polar surface area (TPSA) is 135 Å². The molecule has 0 spiro atoms. The number of unbranched alkanes of at least 4 members (excludes halogenated alkanes) is 2. The lowest BCUT2D eigenvalue weighted by molar-refractivity contribution is -0.0403. The van der Waals surface area contributed by atoms with Crippen LogP contribution in [0.5, 0.6) is 23.0 Å². The molecule has 4 aliphatic rings. The highest BCUT2D eigenvalue weighted by molar-refractivity contribution is 6.14. The Balaban J connectivity index is 0.877. The third-order valence-electron chi connectivity index (χ3n) is 9.85. The number of amides is 2. The zero-order valence-corrected chi connectivity index (χ0v) is 28.4. The highest BCUT2D eigenvalue weighted by Gasteiger charge is 2.43. The summed E-state index contributed by atoms with van der Waals surface area (Å²) in [5.74, 6) is 1.43. The van der Waals surface area contributed by atoms with E-state index in [9.17, 15) is 14.7 Å². The molecule has 0 bridgehead atoms. The average molecular weight is 688 g/mol. The Bertz CT molecular complexity index is 2100. The molecule has 1 aromatic heterocycles. The standard InChI is InChI=1S/C39H37N5O7/c1-48-33-15-28-31(42-23-39(47)19-24-8-4-5-9-25(24)22-43(39)37(28)45)18-36(33)51-13-7-3-6-12-50-35-17-30-29(16-34(35)49-2)38(46)44-27(21-41-30)14-26-20-40-11-10-32(26)44/h4-5,8-11,15-18,20-21,23,27,47H,3,6-7,12-14,19,22H2,1-2H3/t27-,39+/m0/s1. The minimum Gasteiger partial charge on any atom is -0.493 e. The van der Waals surface area contributed by atoms with E-state index in [2.05, 4.69) is 15.0 Å². The van der Waals surface area contributed by atoms with Gasteiger partial charge in [-0.05, 0) is 54.2 Å². The Kier molecular flexibility index (Phi) is 8.39. The molecular weight excluding hydrogens is 650 g/mol. The molecule has 51 heavy (non-hydrogen) atoms. The van der Waals surface area contributed by atoms with E-state index in [4.69, 9.17) is 18.9 Å². The van der Waals surface area contributed by atoms with E-state index in [1.54, 1.807) is 48.7 Å². The molecule has 4 aliphatic heterocycles. The van der Waals surface area contributed by atoms with Crippen LogP contribution in [0.15, 0.2) is 77.0 Å². The van der Waals surface area contributed by atoms with Crippen LogP contribution >= 0.6 is 0 Å². The van der Waals surface area contributed by atoms with Gasteiger partial charge in [-0.3, -0.25) is 29.5 Å². The molecule has 0 saturated heterocycles. The molecule has 0 radical (unpaired) electrons. The number of fused-ring (bicyclic) bond motifs is 7. The predicted molar refractivity (Wildman–Crippen MR) is 191 cm³/mol. The van der Waals surface area contributed by atoms with Gasteiger partial charge in [-0.15, -0.1) is 0 Å². The summed E-state index contributed by atoms with van der Waals surface area (Å²) in [6, 6.07) is 16.3. The smallest absolute Gasteiger partial charge is 0.261 e. The van der Waals surface area contributed by atoms with Gasteiger partial charge in [0.25, 0.3) is 11.8 Å². The van der Waals surface area contributed by atoms with Gasteiger partial charge in [0.2, 0.25) is 0 Å². The lowest BCUT2D eigenvalue weighted by Gasteiger charge is -2.40. The molecule has 1 N–H and O–H groups in total. The molecule has 2 atom stereocenters. The molecular formula is C39H37N5O7. The Labute approximate surface area is 295 Å². The Hall–Kier alpha value is -5.75. The monoisotopic (exact) mass is 687 g/mol. The molecule has 0 saturated carbocycles. The number of aromatic nitrogens is 1. The lowest BCUT2D eigenvalue weighted by atomic mass is 9.91. The van der Waals surface area contributed by atoms with Crippen molar-refractivity contribution >= 4 is 41.3 Å². The van der Waals surface area contributed by atoms with Crippen molar-refractivity contribution in [2.24, 2.45) is 9.98 Å². The number of aliphatic imine (C=N–C) groups is 2. The van der Waals surface area contributed by atoms with Gasteiger partial charge in [-0.2, -0.15) is 0 Å². The van der Waals surface area contributed by atoms with Crippen molar-refractivity contribution in [1.82, 2.24) is 9.88 Å². The van der Waals surface area contributed by atoms with Gasteiger partial charge in [0, 0.05) is 50.1 Å². The van der Waals surface area contributed by atoms with Gasteiger partial charge in [0.1, 0.15) is 0 Å². The number of pyridine rings is 1. The van der Waals surface area contributed by atoms with Crippen LogP contribution in [0.3, 0.4) is 0 Å². The third kappa shape index (κ3) is 5.84. The van der Waals surface area contributed by atoms with E-state index in [-0.39, 0.29) is 30.8 Å². The van der Waals surface area contributed by atoms with Crippen molar-refractivity contribution in [2.45, 2.75) is 50.4 Å². The molecule has 3 aromatic carbocycles. The van der Waals surface area contributed by atoms with Crippen LogP contribution < -0.4 is 23.8 Å². The number of anilines is 1. The minimum atomic E-state index is -1.53. The fourth-order valence-corrected chi connectivity index (χ4v) is 7.18. The summed E-state index contributed by atoms with van der Waals surface area (Å²) in [4.78, 5) is 44.0. The molecule has 12 nitrogen and oxygen atoms in total. The largest absolute Gasteiger partial charge is 0.493 e. The second kappa shape index (κ2) is 13.2. The summed E-state index contributed by atoms with van der Waals surface area (Å²) in [7, 11) is 3.08. The Morgan fingerprint density at radius 2 is 1.47 bits per heavy atom. The summed E-state index contributed by atoms with van der Waals surface area (Å²) in [5.41, 5.74) is 4.09. The molecule has 0 aliphatic carbocycles. The van der Waals surface area contributed by atoms with Crippen molar-refractivity contribution in [2.75, 3.05) is 32.3 Å². The van der Waals surface area contributed by atoms with E-state index in [0.29, 0.717) is 65.1 Å². The summed E-state index contributed by atoms with van der Waals surface area (Å²) >= 11 is 0. The van der Waals surface area contributed by atoms with Crippen LogP contribution in [0, 0.1) is 0 Å². The molecule has 5 heterocycles. The van der Waals surface area contributed by atoms with Gasteiger partial charge < -0.3 is 29.0 Å². The van der Waals surface area contributed by atoms with E-state index in [0.717, 1.165) is 41.6 Å². The van der Waals surface area contributed by atoms with Crippen molar-refractivity contribution in [1.29, 1.82) is 0 Å². The van der Waals surface area contributed by atoms with Crippen LogP contribution in [-0.2, 0) is 19.4 Å². The zero-order valence-electron chi connectivity index (χ0n) is 28.4. The van der Waals surface area contributed by atoms with Crippen molar-refractivity contribution in [3.05, 3.63) is 94.8 Å². The maximum atomic E-state index is 13.7. The Morgan fingerprint density at radius 3 is 2.18 bits per heavy atom. The van der Waals surface area contributed by atoms with Gasteiger partial charge in [-0.25, -0.2) is 0 Å². The summed E-state index contributed by atoms with van der Waals surface area (Å²) in [5, 5.41) is 11.5. The molecule has 260 valence electrons. The number of aliphatic hydroxyl groups is 1. The first-order valence-electron chi connectivity index (χ1n) is 17.0. The van der Waals surface area contributed by atoms with Gasteiger partial charge in [-0.1, -0.05) is 24.3 Å². The number of hydrogen-bond acceptors (Lipinski definition) is 10. The third-order valence-corrected chi connectivity index (χ3v) is 9.85. The second-order valence-corrected chi connectivity index (χ2v) is 13.0. The fourth-order valence-electron chi connectivity index (χ4n) is 7.18. The molecule has 2 amide bonds. The van der Waals surface area contributed by atoms with Crippen molar-refractivity contribution in [3.63, 3.8) is 0 Å². The average Bonchev–Trinajstić information content (AvgIpc) is 3.42. The normalized spacial score (nSPS) is 19.5. The second-order valence-electron chi connectivity index (χ2n) is 13.0. The van der Waals surface area contributed by atoms with E-state index in [1.807, 2.05) is 36.5 Å². The molecule has 12 heteroatoms. The summed E-state index contributed by atoms with van der Waals surface area (Å²) < 4.78 is 23.4. The first-order valence-corrected chi connectivity index (χ1v) is 17.0. The Morgan fingerprint density at radius 1 is 0.804 bits per heavy atom. The van der Waals surface area contributed by atoms with Crippen molar-refractivity contribution in [3.8, 4) is 23.0 Å². The first-order chi connectivity index (χ1) is 24.9. The SMILES string of the molecule is COc1cc2c(cc1OCCCCCOc1cc3c(cc1OC)C(=O)N1Cc4ccccc4C[C@@]1(O)C=N3)N=C[C@@H]1Cc3cnccc3N1C2=O. The number of ether oxygens (including phenoxy) is 4. The summed E-state index contributed by atoms with van der Waals surface area (Å²) in [6.07, 6.45) is 10.0. The predicted octanol–water partition coefficient (Wildman–Crippen LogP) is 5.62. The number of rotatable bonds is 10. The number of carbonyl (C=O) groups is 2. The van der Waals surface area contributed by atoms with E-state index < -0.39 is 5.72 Å². The first kappa shape index (κ1) is 32.5. The zero-order chi connectivity index (χ0) is 35.1. The van der Waals surface area contributed by atoms with Gasteiger partial charge in [0.05, 0.1) is 67.9 Å². The molecule has 4 aromatic rings. The van der Waals surface area contributed by atoms with Crippen LogP contribution in [-0.4, -0.2) is 78.4 Å². The lowest BCUT2D eigenvalue weighted by Crippen LogP contribution is -2.56. The molecule has 0 fully saturated rings. The van der Waals surface area contributed by atoms with E-state index in [1.165, 1.54) is 18.2 Å². The van der Waals surface area contributed by atoms with E-state index >= 15 is 0 Å². The highest BCUT2D eigenvalue weighted by Crippen LogP contribution is 2.42. The number of nitrogens with zero attached hydrogens (tertiary/aromatic N) is 5. The maximum Gasteiger partial charge on any atom is 0.261 e. The van der Waals surface area contributed by atoms with Crippen LogP contribution in [0.25, 0.3) is 0 Å².